The maximum Gasteiger partial charge on any atom is 0.186 e. The number of amidine groups is 1. The molecule has 16 heavy (non-hydrogen) atoms. The van der Waals surface area contributed by atoms with Crippen molar-refractivity contribution in [2.45, 2.75) is 19.9 Å². The summed E-state index contributed by atoms with van der Waals surface area (Å²) in [6.45, 7) is 5.00. The quantitative estimate of drug-likeness (QED) is 0.743. The third kappa shape index (κ3) is 1.63. The Morgan fingerprint density at radius 1 is 1.25 bits per heavy atom. The van der Waals surface area contributed by atoms with Crippen LogP contribution in [0, 0.1) is 6.92 Å². The predicted molar refractivity (Wildman–Crippen MR) is 68.8 cm³/mol. The Morgan fingerprint density at radius 3 is 2.69 bits per heavy atom. The van der Waals surface area contributed by atoms with Crippen LogP contribution >= 0.6 is 11.8 Å². The Hall–Kier alpha value is -1.29. The number of hydrogen-bond donors (Lipinski definition) is 0. The second kappa shape index (κ2) is 3.63. The molecule has 3 rings (SSSR count). The zero-order valence-corrected chi connectivity index (χ0v) is 10.2. The number of hydrogen-bond acceptors (Lipinski definition) is 4. The highest BCUT2D eigenvalue weighted by molar-refractivity contribution is 8.26. The molecule has 1 aromatic rings. The molecule has 0 aromatic heterocycles. The van der Waals surface area contributed by atoms with Gasteiger partial charge in [0.05, 0.1) is 17.6 Å². The molecule has 0 aliphatic carbocycles. The Morgan fingerprint density at radius 2 is 2.00 bits per heavy atom. The van der Waals surface area contributed by atoms with Crippen LogP contribution in [-0.4, -0.2) is 21.8 Å². The summed E-state index contributed by atoms with van der Waals surface area (Å²) in [7, 11) is 0. The fourth-order valence-corrected chi connectivity index (χ4v) is 2.74. The van der Waals surface area contributed by atoms with Gasteiger partial charge >= 0.3 is 0 Å². The van der Waals surface area contributed by atoms with Crippen molar-refractivity contribution >= 4 is 22.0 Å². The van der Waals surface area contributed by atoms with Gasteiger partial charge in [0.1, 0.15) is 0 Å². The highest BCUT2D eigenvalue weighted by Gasteiger charge is 2.30. The maximum absolute atomic E-state index is 4.69. The van der Waals surface area contributed by atoms with Crippen LogP contribution in [0.1, 0.15) is 24.1 Å². The van der Waals surface area contributed by atoms with Crippen LogP contribution in [0.15, 0.2) is 34.4 Å². The number of thioether (sulfide) groups is 1. The lowest BCUT2D eigenvalue weighted by atomic mass is 10.1. The van der Waals surface area contributed by atoms with Crippen molar-refractivity contribution in [1.29, 1.82) is 0 Å². The summed E-state index contributed by atoms with van der Waals surface area (Å²) in [6.07, 6.45) is 0. The highest BCUT2D eigenvalue weighted by atomic mass is 32.2. The number of hydrazone groups is 1. The van der Waals surface area contributed by atoms with Gasteiger partial charge in [-0.1, -0.05) is 29.8 Å². The van der Waals surface area contributed by atoms with Crippen LogP contribution < -0.4 is 0 Å². The molecular weight excluding hydrogens is 218 g/mol. The van der Waals surface area contributed by atoms with Gasteiger partial charge in [-0.3, -0.25) is 4.99 Å². The Labute approximate surface area is 99.3 Å². The molecule has 0 spiro atoms. The Kier molecular flexibility index (Phi) is 2.24. The molecule has 0 saturated carbocycles. The second-order valence-electron chi connectivity index (χ2n) is 4.14. The summed E-state index contributed by atoms with van der Waals surface area (Å²) in [6, 6.07) is 8.85. The van der Waals surface area contributed by atoms with E-state index in [1.807, 2.05) is 11.9 Å². The van der Waals surface area contributed by atoms with Gasteiger partial charge in [-0.15, -0.1) is 0 Å². The van der Waals surface area contributed by atoms with Gasteiger partial charge in [-0.25, -0.2) is 5.01 Å². The first-order valence-electron chi connectivity index (χ1n) is 5.37. The van der Waals surface area contributed by atoms with Crippen molar-refractivity contribution < 1.29 is 0 Å². The van der Waals surface area contributed by atoms with Gasteiger partial charge < -0.3 is 0 Å². The number of aryl methyl sites for hydroxylation is 1. The number of benzene rings is 1. The molecule has 4 heteroatoms. The van der Waals surface area contributed by atoms with Gasteiger partial charge in [-0.2, -0.15) is 5.10 Å². The summed E-state index contributed by atoms with van der Waals surface area (Å²) in [5.74, 6) is 0. The summed E-state index contributed by atoms with van der Waals surface area (Å²) in [5, 5.41) is 8.56. The van der Waals surface area contributed by atoms with Crippen LogP contribution in [0.2, 0.25) is 0 Å². The molecule has 0 N–H and O–H groups in total. The van der Waals surface area contributed by atoms with Crippen LogP contribution in [0.3, 0.4) is 0 Å². The van der Waals surface area contributed by atoms with Crippen molar-refractivity contribution in [3.8, 4) is 0 Å². The SMILES string of the molecule is CC1=NN2CC(c3ccc(C)cc3)N=C2S1. The van der Waals surface area contributed by atoms with Gasteiger partial charge in [-0.05, 0) is 31.2 Å². The first-order valence-corrected chi connectivity index (χ1v) is 6.19. The van der Waals surface area contributed by atoms with Crippen molar-refractivity contribution in [1.82, 2.24) is 5.01 Å². The van der Waals surface area contributed by atoms with E-state index in [4.69, 9.17) is 4.99 Å². The number of aliphatic imine (C=N–C) groups is 1. The maximum atomic E-state index is 4.69. The molecule has 1 unspecified atom stereocenters. The molecule has 2 aliphatic heterocycles. The molecule has 0 bridgehead atoms. The van der Waals surface area contributed by atoms with E-state index in [1.54, 1.807) is 11.8 Å². The molecule has 3 nitrogen and oxygen atoms in total. The fourth-order valence-electron chi connectivity index (χ4n) is 1.94. The standard InChI is InChI=1S/C12H13N3S/c1-8-3-5-10(6-4-8)11-7-15-12(13-11)16-9(2)14-15/h3-6,11H,7H2,1-2H3. The zero-order valence-electron chi connectivity index (χ0n) is 9.34. The molecular formula is C12H13N3S. The number of rotatable bonds is 1. The highest BCUT2D eigenvalue weighted by Crippen LogP contribution is 2.33. The molecule has 1 atom stereocenters. The van der Waals surface area contributed by atoms with E-state index in [9.17, 15) is 0 Å². The van der Waals surface area contributed by atoms with E-state index < -0.39 is 0 Å². The average molecular weight is 231 g/mol. The lowest BCUT2D eigenvalue weighted by Crippen LogP contribution is -2.15. The fraction of sp³-hybridized carbons (Fsp3) is 0.333. The van der Waals surface area contributed by atoms with E-state index in [0.29, 0.717) is 0 Å². The Balaban J connectivity index is 1.83. The van der Waals surface area contributed by atoms with E-state index in [1.165, 1.54) is 11.1 Å². The number of fused-ring (bicyclic) bond motifs is 1. The zero-order chi connectivity index (χ0) is 11.1. The monoisotopic (exact) mass is 231 g/mol. The summed E-state index contributed by atoms with van der Waals surface area (Å²) in [4.78, 5) is 4.69. The van der Waals surface area contributed by atoms with E-state index in [-0.39, 0.29) is 6.04 Å². The summed E-state index contributed by atoms with van der Waals surface area (Å²) >= 11 is 1.66. The Bertz CT molecular complexity index is 476. The van der Waals surface area contributed by atoms with E-state index in [0.717, 1.165) is 16.8 Å². The largest absolute Gasteiger partial charge is 0.251 e. The molecule has 2 heterocycles. The summed E-state index contributed by atoms with van der Waals surface area (Å²) in [5.41, 5.74) is 2.57. The van der Waals surface area contributed by atoms with Crippen molar-refractivity contribution in [3.63, 3.8) is 0 Å². The lowest BCUT2D eigenvalue weighted by Gasteiger charge is -2.09. The molecule has 82 valence electrons. The van der Waals surface area contributed by atoms with Crippen LogP contribution in [0.5, 0.6) is 0 Å². The molecule has 0 radical (unpaired) electrons. The summed E-state index contributed by atoms with van der Waals surface area (Å²) < 4.78 is 0. The minimum atomic E-state index is 0.250. The topological polar surface area (TPSA) is 28.0 Å². The molecule has 2 aliphatic rings. The van der Waals surface area contributed by atoms with Crippen molar-refractivity contribution in [2.24, 2.45) is 10.1 Å². The molecule has 0 saturated heterocycles. The third-order valence-electron chi connectivity index (χ3n) is 2.80. The van der Waals surface area contributed by atoms with Crippen molar-refractivity contribution in [2.75, 3.05) is 6.54 Å². The van der Waals surface area contributed by atoms with E-state index in [2.05, 4.69) is 36.3 Å². The van der Waals surface area contributed by atoms with Crippen LogP contribution in [0.25, 0.3) is 0 Å². The van der Waals surface area contributed by atoms with Gasteiger partial charge in [0, 0.05) is 0 Å². The molecule has 0 fully saturated rings. The minimum Gasteiger partial charge on any atom is -0.251 e. The van der Waals surface area contributed by atoms with Crippen molar-refractivity contribution in [3.05, 3.63) is 35.4 Å². The third-order valence-corrected chi connectivity index (χ3v) is 3.67. The molecule has 0 amide bonds. The van der Waals surface area contributed by atoms with Gasteiger partial charge in [0.2, 0.25) is 0 Å². The smallest absolute Gasteiger partial charge is 0.186 e. The van der Waals surface area contributed by atoms with Gasteiger partial charge in [0.25, 0.3) is 0 Å². The minimum absolute atomic E-state index is 0.250. The first kappa shape index (κ1) is 9.90. The van der Waals surface area contributed by atoms with Crippen LogP contribution in [-0.2, 0) is 0 Å². The number of nitrogens with zero attached hydrogens (tertiary/aromatic N) is 3. The van der Waals surface area contributed by atoms with E-state index >= 15 is 0 Å². The average Bonchev–Trinajstić information content (AvgIpc) is 2.75. The lowest BCUT2D eigenvalue weighted by molar-refractivity contribution is 0.462. The molecule has 1 aromatic carbocycles. The normalized spacial score (nSPS) is 23.1. The first-order chi connectivity index (χ1) is 7.72. The second-order valence-corrected chi connectivity index (χ2v) is 5.30. The predicted octanol–water partition coefficient (Wildman–Crippen LogP) is 2.79. The van der Waals surface area contributed by atoms with Gasteiger partial charge in [0.15, 0.2) is 5.17 Å². The van der Waals surface area contributed by atoms with Crippen LogP contribution in [0.4, 0.5) is 0 Å².